The quantitative estimate of drug-likeness (QED) is 0.790. The van der Waals surface area contributed by atoms with Gasteiger partial charge in [-0.25, -0.2) is 4.39 Å². The Morgan fingerprint density at radius 3 is 2.40 bits per heavy atom. The van der Waals surface area contributed by atoms with Gasteiger partial charge in [-0.05, 0) is 62.7 Å². The van der Waals surface area contributed by atoms with Crippen molar-refractivity contribution in [2.24, 2.45) is 5.92 Å². The number of halogens is 1. The lowest BCUT2D eigenvalue weighted by Crippen LogP contribution is -2.30. The molecule has 0 aromatic heterocycles. The third-order valence-corrected chi connectivity index (χ3v) is 5.41. The molecule has 6 nitrogen and oxygen atoms in total. The number of hydrogen-bond acceptors (Lipinski definition) is 3. The Bertz CT molecular complexity index is 955. The van der Waals surface area contributed by atoms with Gasteiger partial charge in [0.2, 0.25) is 11.8 Å². The summed E-state index contributed by atoms with van der Waals surface area (Å²) in [5, 5.41) is 2.80. The third-order valence-electron chi connectivity index (χ3n) is 5.41. The molecule has 0 aliphatic carbocycles. The minimum atomic E-state index is -0.529. The van der Waals surface area contributed by atoms with Crippen LogP contribution in [0.15, 0.2) is 42.5 Å². The Labute approximate surface area is 175 Å². The number of nitrogens with zero attached hydrogens (tertiary/aromatic N) is 2. The summed E-state index contributed by atoms with van der Waals surface area (Å²) >= 11 is 0. The average molecular weight is 411 g/mol. The second-order valence-corrected chi connectivity index (χ2v) is 7.38. The van der Waals surface area contributed by atoms with Crippen molar-refractivity contribution in [2.45, 2.75) is 27.2 Å². The summed E-state index contributed by atoms with van der Waals surface area (Å²) < 4.78 is 13.8. The molecule has 1 N–H and O–H groups in total. The monoisotopic (exact) mass is 411 g/mol. The predicted octanol–water partition coefficient (Wildman–Crippen LogP) is 3.61. The van der Waals surface area contributed by atoms with E-state index in [0.29, 0.717) is 35.6 Å². The first-order chi connectivity index (χ1) is 14.3. The van der Waals surface area contributed by atoms with Gasteiger partial charge in [-0.2, -0.15) is 0 Å². The number of amides is 3. The molecular formula is C23H26FN3O3. The lowest BCUT2D eigenvalue weighted by Gasteiger charge is -2.19. The van der Waals surface area contributed by atoms with Crippen molar-refractivity contribution in [1.29, 1.82) is 0 Å². The smallest absolute Gasteiger partial charge is 0.253 e. The number of anilines is 2. The zero-order chi connectivity index (χ0) is 21.8. The van der Waals surface area contributed by atoms with Crippen LogP contribution in [-0.2, 0) is 9.59 Å². The fourth-order valence-corrected chi connectivity index (χ4v) is 3.52. The van der Waals surface area contributed by atoms with E-state index in [-0.39, 0.29) is 36.5 Å². The van der Waals surface area contributed by atoms with Crippen molar-refractivity contribution in [3.8, 4) is 0 Å². The fraction of sp³-hybridized carbons (Fsp3) is 0.348. The maximum atomic E-state index is 13.8. The van der Waals surface area contributed by atoms with Crippen molar-refractivity contribution in [3.05, 3.63) is 59.4 Å². The molecule has 1 aliphatic rings. The van der Waals surface area contributed by atoms with Crippen LogP contribution < -0.4 is 10.2 Å². The van der Waals surface area contributed by atoms with Crippen LogP contribution in [0.5, 0.6) is 0 Å². The van der Waals surface area contributed by atoms with Gasteiger partial charge in [0.15, 0.2) is 0 Å². The molecule has 1 aliphatic heterocycles. The van der Waals surface area contributed by atoms with Gasteiger partial charge in [0, 0.05) is 43.0 Å². The molecule has 1 atom stereocenters. The SMILES string of the molecule is CCN(CC)C(=O)c1ccc(NC(=O)C2CC(=O)N(c3ccc(C)c(F)c3)C2)cc1. The second-order valence-electron chi connectivity index (χ2n) is 7.38. The number of carbonyl (C=O) groups excluding carboxylic acids is 3. The molecule has 1 heterocycles. The van der Waals surface area contributed by atoms with Gasteiger partial charge in [-0.15, -0.1) is 0 Å². The van der Waals surface area contributed by atoms with E-state index >= 15 is 0 Å². The minimum Gasteiger partial charge on any atom is -0.339 e. The molecule has 0 bridgehead atoms. The zero-order valence-corrected chi connectivity index (χ0v) is 17.4. The number of rotatable bonds is 6. The first-order valence-corrected chi connectivity index (χ1v) is 10.1. The van der Waals surface area contributed by atoms with Crippen molar-refractivity contribution in [2.75, 3.05) is 29.9 Å². The maximum absolute atomic E-state index is 13.8. The van der Waals surface area contributed by atoms with Gasteiger partial charge in [-0.3, -0.25) is 14.4 Å². The molecule has 1 unspecified atom stereocenters. The summed E-state index contributed by atoms with van der Waals surface area (Å²) in [5.41, 5.74) is 2.07. The van der Waals surface area contributed by atoms with Gasteiger partial charge in [0.1, 0.15) is 5.82 Å². The highest BCUT2D eigenvalue weighted by Crippen LogP contribution is 2.27. The van der Waals surface area contributed by atoms with Gasteiger partial charge < -0.3 is 15.1 Å². The van der Waals surface area contributed by atoms with E-state index in [9.17, 15) is 18.8 Å². The molecule has 1 fully saturated rings. The van der Waals surface area contributed by atoms with Crippen LogP contribution >= 0.6 is 0 Å². The molecule has 3 rings (SSSR count). The van der Waals surface area contributed by atoms with Crippen molar-refractivity contribution in [3.63, 3.8) is 0 Å². The first kappa shape index (κ1) is 21.5. The second kappa shape index (κ2) is 9.07. The molecule has 2 aromatic carbocycles. The fourth-order valence-electron chi connectivity index (χ4n) is 3.52. The number of hydrogen-bond donors (Lipinski definition) is 1. The highest BCUT2D eigenvalue weighted by atomic mass is 19.1. The molecule has 30 heavy (non-hydrogen) atoms. The van der Waals surface area contributed by atoms with E-state index in [1.54, 1.807) is 48.2 Å². The Hall–Kier alpha value is -3.22. The summed E-state index contributed by atoms with van der Waals surface area (Å²) in [6.45, 7) is 6.96. The lowest BCUT2D eigenvalue weighted by atomic mass is 10.1. The third kappa shape index (κ3) is 4.50. The van der Waals surface area contributed by atoms with Gasteiger partial charge >= 0.3 is 0 Å². The van der Waals surface area contributed by atoms with Crippen molar-refractivity contribution < 1.29 is 18.8 Å². The Balaban J connectivity index is 1.64. The number of aryl methyl sites for hydroxylation is 1. The van der Waals surface area contributed by atoms with Gasteiger partial charge in [0.25, 0.3) is 5.91 Å². The predicted molar refractivity (Wildman–Crippen MR) is 114 cm³/mol. The summed E-state index contributed by atoms with van der Waals surface area (Å²) in [7, 11) is 0. The van der Waals surface area contributed by atoms with Crippen LogP contribution in [0.25, 0.3) is 0 Å². The molecule has 3 amide bonds. The highest BCUT2D eigenvalue weighted by molar-refractivity contribution is 6.03. The molecule has 0 spiro atoms. The van der Waals surface area contributed by atoms with Crippen LogP contribution in [0.2, 0.25) is 0 Å². The highest BCUT2D eigenvalue weighted by Gasteiger charge is 2.35. The molecular weight excluding hydrogens is 385 g/mol. The van der Waals surface area contributed by atoms with Crippen LogP contribution in [0, 0.1) is 18.7 Å². The first-order valence-electron chi connectivity index (χ1n) is 10.1. The molecule has 1 saturated heterocycles. The number of carbonyl (C=O) groups is 3. The maximum Gasteiger partial charge on any atom is 0.253 e. The Morgan fingerprint density at radius 2 is 1.80 bits per heavy atom. The normalized spacial score (nSPS) is 15.9. The van der Waals surface area contributed by atoms with Crippen LogP contribution in [0.3, 0.4) is 0 Å². The Kier molecular flexibility index (Phi) is 6.50. The summed E-state index contributed by atoms with van der Waals surface area (Å²) in [6.07, 6.45) is 0.0693. The van der Waals surface area contributed by atoms with Gasteiger partial charge in [-0.1, -0.05) is 6.07 Å². The topological polar surface area (TPSA) is 69.7 Å². The molecule has 0 saturated carbocycles. The van der Waals surface area contributed by atoms with E-state index in [0.717, 1.165) is 0 Å². The Morgan fingerprint density at radius 1 is 1.13 bits per heavy atom. The summed E-state index contributed by atoms with van der Waals surface area (Å²) in [6, 6.07) is 11.3. The van der Waals surface area contributed by atoms with Crippen LogP contribution in [0.1, 0.15) is 36.2 Å². The molecule has 0 radical (unpaired) electrons. The molecule has 7 heteroatoms. The molecule has 158 valence electrons. The molecule has 2 aromatic rings. The van der Waals surface area contributed by atoms with E-state index in [1.807, 2.05) is 13.8 Å². The van der Waals surface area contributed by atoms with Crippen LogP contribution in [0.4, 0.5) is 15.8 Å². The largest absolute Gasteiger partial charge is 0.339 e. The number of benzene rings is 2. The van der Waals surface area contributed by atoms with E-state index in [4.69, 9.17) is 0 Å². The van der Waals surface area contributed by atoms with Gasteiger partial charge in [0.05, 0.1) is 5.92 Å². The number of nitrogens with one attached hydrogen (secondary N) is 1. The van der Waals surface area contributed by atoms with E-state index in [2.05, 4.69) is 5.32 Å². The van der Waals surface area contributed by atoms with E-state index in [1.165, 1.54) is 11.0 Å². The van der Waals surface area contributed by atoms with Crippen molar-refractivity contribution in [1.82, 2.24) is 4.90 Å². The standard InChI is InChI=1S/C23H26FN3O3/c1-4-26(5-2)23(30)16-7-9-18(10-8-16)25-22(29)17-12-21(28)27(14-17)19-11-6-15(3)20(24)13-19/h6-11,13,17H,4-5,12,14H2,1-3H3,(H,25,29). The van der Waals surface area contributed by atoms with E-state index < -0.39 is 5.92 Å². The lowest BCUT2D eigenvalue weighted by molar-refractivity contribution is -0.122. The summed E-state index contributed by atoms with van der Waals surface area (Å²) in [4.78, 5) is 40.5. The van der Waals surface area contributed by atoms with Crippen LogP contribution in [-0.4, -0.2) is 42.3 Å². The van der Waals surface area contributed by atoms with Crippen molar-refractivity contribution >= 4 is 29.1 Å². The average Bonchev–Trinajstić information content (AvgIpc) is 3.13. The minimum absolute atomic E-state index is 0.0553. The zero-order valence-electron chi connectivity index (χ0n) is 17.4. The summed E-state index contributed by atoms with van der Waals surface area (Å²) in [5.74, 6) is -1.45.